The number of nitro groups is 1. The lowest BCUT2D eigenvalue weighted by Gasteiger charge is -2.07. The van der Waals surface area contributed by atoms with Crippen molar-refractivity contribution in [1.29, 1.82) is 0 Å². The van der Waals surface area contributed by atoms with Crippen LogP contribution in [0.1, 0.15) is 20.8 Å². The van der Waals surface area contributed by atoms with E-state index in [-0.39, 0.29) is 21.1 Å². The molecule has 3 N–H and O–H groups in total. The Morgan fingerprint density at radius 2 is 1.83 bits per heavy atom. The van der Waals surface area contributed by atoms with Crippen molar-refractivity contribution in [1.82, 2.24) is 0 Å². The minimum Gasteiger partial charge on any atom is -0.365 e. The molecule has 1 amide bonds. The van der Waals surface area contributed by atoms with E-state index in [1.807, 2.05) is 0 Å². The summed E-state index contributed by atoms with van der Waals surface area (Å²) in [5, 5.41) is 10.7. The van der Waals surface area contributed by atoms with Gasteiger partial charge in [0.1, 0.15) is 5.00 Å². The van der Waals surface area contributed by atoms with Gasteiger partial charge in [-0.25, -0.2) is 8.42 Å². The third-order valence-electron chi connectivity index (χ3n) is 3.22. The second-order valence-electron chi connectivity index (χ2n) is 4.71. The van der Waals surface area contributed by atoms with Crippen molar-refractivity contribution in [2.45, 2.75) is 18.7 Å². The standard InChI is InChI=1S/C13H13N3O5S2/c1-7-8(2)22-13(11(7)12(14)17)15-23(20,21)10-5-3-9(4-6-10)16(18)19/h3-6,15H,1-2H3,(H2,14,17). The zero-order valence-corrected chi connectivity index (χ0v) is 13.8. The highest BCUT2D eigenvalue weighted by Gasteiger charge is 2.23. The maximum Gasteiger partial charge on any atom is 0.269 e. The number of nitrogens with two attached hydrogens (primary N) is 1. The lowest BCUT2D eigenvalue weighted by atomic mass is 10.1. The van der Waals surface area contributed by atoms with Crippen molar-refractivity contribution in [2.24, 2.45) is 5.73 Å². The molecule has 0 aliphatic carbocycles. The first-order chi connectivity index (χ1) is 10.6. The molecule has 0 saturated carbocycles. The number of thiophene rings is 1. The summed E-state index contributed by atoms with van der Waals surface area (Å²) in [7, 11) is -3.99. The second kappa shape index (κ2) is 5.97. The zero-order chi connectivity index (χ0) is 17.4. The summed E-state index contributed by atoms with van der Waals surface area (Å²) in [5.74, 6) is -0.728. The maximum absolute atomic E-state index is 12.4. The van der Waals surface area contributed by atoms with Gasteiger partial charge in [-0.05, 0) is 31.5 Å². The molecule has 10 heteroatoms. The number of aryl methyl sites for hydroxylation is 1. The number of carbonyl (C=O) groups is 1. The average Bonchev–Trinajstić information content (AvgIpc) is 2.73. The third-order valence-corrected chi connectivity index (χ3v) is 5.83. The fourth-order valence-electron chi connectivity index (χ4n) is 1.92. The largest absolute Gasteiger partial charge is 0.365 e. The van der Waals surface area contributed by atoms with E-state index in [1.165, 1.54) is 0 Å². The van der Waals surface area contributed by atoms with E-state index in [9.17, 15) is 23.3 Å². The number of nitrogens with zero attached hydrogens (tertiary/aromatic N) is 1. The summed E-state index contributed by atoms with van der Waals surface area (Å²) in [6.45, 7) is 3.42. The van der Waals surface area contributed by atoms with Crippen LogP contribution >= 0.6 is 11.3 Å². The van der Waals surface area contributed by atoms with E-state index in [1.54, 1.807) is 13.8 Å². The Morgan fingerprint density at radius 1 is 1.26 bits per heavy atom. The highest BCUT2D eigenvalue weighted by molar-refractivity contribution is 7.93. The lowest BCUT2D eigenvalue weighted by molar-refractivity contribution is -0.384. The molecule has 0 fully saturated rings. The number of nitro benzene ring substituents is 1. The molecule has 0 aliphatic rings. The number of sulfonamides is 1. The number of hydrogen-bond acceptors (Lipinski definition) is 6. The molecule has 2 rings (SSSR count). The molecule has 23 heavy (non-hydrogen) atoms. The van der Waals surface area contributed by atoms with Gasteiger partial charge in [0.25, 0.3) is 21.6 Å². The molecule has 0 aliphatic heterocycles. The molecule has 0 unspecified atom stereocenters. The quantitative estimate of drug-likeness (QED) is 0.626. The molecular weight excluding hydrogens is 342 g/mol. The molecule has 1 aromatic heterocycles. The number of carbonyl (C=O) groups excluding carboxylic acids is 1. The van der Waals surface area contributed by atoms with Gasteiger partial charge in [-0.2, -0.15) is 0 Å². The summed E-state index contributed by atoms with van der Waals surface area (Å²) in [4.78, 5) is 22.1. The van der Waals surface area contributed by atoms with Crippen molar-refractivity contribution in [2.75, 3.05) is 4.72 Å². The van der Waals surface area contributed by atoms with Gasteiger partial charge in [0.2, 0.25) is 0 Å². The number of amides is 1. The lowest BCUT2D eigenvalue weighted by Crippen LogP contribution is -2.17. The number of primary amides is 1. The predicted octanol–water partition coefficient (Wildman–Crippen LogP) is 2.17. The molecule has 0 bridgehead atoms. The summed E-state index contributed by atoms with van der Waals surface area (Å²) in [6, 6.07) is 4.43. The van der Waals surface area contributed by atoms with Crippen molar-refractivity contribution >= 4 is 38.0 Å². The molecule has 0 saturated heterocycles. The van der Waals surface area contributed by atoms with Gasteiger partial charge in [-0.1, -0.05) is 0 Å². The number of benzene rings is 1. The number of non-ortho nitro benzene ring substituents is 1. The van der Waals surface area contributed by atoms with Gasteiger partial charge in [0.05, 0.1) is 15.4 Å². The molecule has 2 aromatic rings. The fourth-order valence-corrected chi connectivity index (χ4v) is 4.29. The minimum absolute atomic E-state index is 0.123. The van der Waals surface area contributed by atoms with Gasteiger partial charge in [0, 0.05) is 17.0 Å². The van der Waals surface area contributed by atoms with E-state index >= 15 is 0 Å². The molecular formula is C13H13N3O5S2. The number of anilines is 1. The summed E-state index contributed by atoms with van der Waals surface area (Å²) in [6.07, 6.45) is 0. The summed E-state index contributed by atoms with van der Waals surface area (Å²) in [5.41, 5.74) is 5.82. The number of hydrogen-bond donors (Lipinski definition) is 2. The van der Waals surface area contributed by atoms with Gasteiger partial charge >= 0.3 is 0 Å². The highest BCUT2D eigenvalue weighted by atomic mass is 32.2. The van der Waals surface area contributed by atoms with Crippen LogP contribution in [0.25, 0.3) is 0 Å². The van der Waals surface area contributed by atoms with Crippen LogP contribution in [0, 0.1) is 24.0 Å². The van der Waals surface area contributed by atoms with Crippen LogP contribution in [0.3, 0.4) is 0 Å². The second-order valence-corrected chi connectivity index (χ2v) is 7.62. The van der Waals surface area contributed by atoms with E-state index in [0.717, 1.165) is 40.5 Å². The van der Waals surface area contributed by atoms with Crippen molar-refractivity contribution in [3.05, 3.63) is 50.4 Å². The van der Waals surface area contributed by atoms with Crippen LogP contribution < -0.4 is 10.5 Å². The third kappa shape index (κ3) is 3.32. The number of nitrogens with one attached hydrogen (secondary N) is 1. The van der Waals surface area contributed by atoms with E-state index in [2.05, 4.69) is 4.72 Å². The van der Waals surface area contributed by atoms with Crippen molar-refractivity contribution < 1.29 is 18.1 Å². The molecule has 122 valence electrons. The highest BCUT2D eigenvalue weighted by Crippen LogP contribution is 2.33. The van der Waals surface area contributed by atoms with Crippen molar-refractivity contribution in [3.8, 4) is 0 Å². The van der Waals surface area contributed by atoms with Gasteiger partial charge in [-0.15, -0.1) is 11.3 Å². The summed E-state index contributed by atoms with van der Waals surface area (Å²) < 4.78 is 27.0. The van der Waals surface area contributed by atoms with Crippen LogP contribution in [0.15, 0.2) is 29.2 Å². The first kappa shape index (κ1) is 16.9. The minimum atomic E-state index is -3.99. The van der Waals surface area contributed by atoms with Gasteiger partial charge in [-0.3, -0.25) is 19.6 Å². The summed E-state index contributed by atoms with van der Waals surface area (Å²) >= 11 is 1.10. The van der Waals surface area contributed by atoms with Gasteiger partial charge in [0.15, 0.2) is 0 Å². The van der Waals surface area contributed by atoms with Crippen LogP contribution in [-0.2, 0) is 10.0 Å². The molecule has 0 radical (unpaired) electrons. The van der Waals surface area contributed by atoms with Crippen LogP contribution in [0.4, 0.5) is 10.7 Å². The van der Waals surface area contributed by atoms with Crippen LogP contribution in [0.5, 0.6) is 0 Å². The SMILES string of the molecule is Cc1sc(NS(=O)(=O)c2ccc([N+](=O)[O-])cc2)c(C(N)=O)c1C. The van der Waals surface area contributed by atoms with Gasteiger partial charge < -0.3 is 5.73 Å². The smallest absolute Gasteiger partial charge is 0.269 e. The van der Waals surface area contributed by atoms with Crippen LogP contribution in [0.2, 0.25) is 0 Å². The zero-order valence-electron chi connectivity index (χ0n) is 12.2. The normalized spacial score (nSPS) is 11.2. The van der Waals surface area contributed by atoms with E-state index in [4.69, 9.17) is 5.73 Å². The monoisotopic (exact) mass is 355 g/mol. The molecule has 8 nitrogen and oxygen atoms in total. The molecule has 1 heterocycles. The Labute approximate surface area is 136 Å². The van der Waals surface area contributed by atoms with Crippen LogP contribution in [-0.4, -0.2) is 19.2 Å². The maximum atomic E-state index is 12.4. The molecule has 1 aromatic carbocycles. The Hall–Kier alpha value is -2.46. The van der Waals surface area contributed by atoms with E-state index in [0.29, 0.717) is 5.56 Å². The molecule has 0 spiro atoms. The number of rotatable bonds is 5. The first-order valence-corrected chi connectivity index (χ1v) is 8.60. The fraction of sp³-hybridized carbons (Fsp3) is 0.154. The van der Waals surface area contributed by atoms with E-state index < -0.39 is 20.9 Å². The molecule has 0 atom stereocenters. The first-order valence-electron chi connectivity index (χ1n) is 6.30. The Morgan fingerprint density at radius 3 is 2.30 bits per heavy atom. The Bertz CT molecular complexity index is 885. The topological polar surface area (TPSA) is 132 Å². The Balaban J connectivity index is 2.41. The average molecular weight is 355 g/mol. The predicted molar refractivity (Wildman–Crippen MR) is 86.2 cm³/mol. The van der Waals surface area contributed by atoms with Crippen molar-refractivity contribution in [3.63, 3.8) is 0 Å². The Kier molecular flexibility index (Phi) is 4.39.